The van der Waals surface area contributed by atoms with Crippen LogP contribution in [0.25, 0.3) is 0 Å². The molecule has 1 aliphatic heterocycles. The minimum atomic E-state index is -0.282. The number of carbonyl (C=O) groups excluding carboxylic acids is 2. The van der Waals surface area contributed by atoms with Gasteiger partial charge >= 0.3 is 0 Å². The van der Waals surface area contributed by atoms with Crippen LogP contribution in [0, 0.1) is 5.92 Å². The number of benzene rings is 1. The van der Waals surface area contributed by atoms with Crippen LogP contribution < -0.4 is 16.2 Å². The highest BCUT2D eigenvalue weighted by Gasteiger charge is 2.25. The molecule has 1 heterocycles. The normalized spacial score (nSPS) is 15.9. The second-order valence-corrected chi connectivity index (χ2v) is 4.92. The standard InChI is InChI=1S/C14H19N3O3/c15-11-1-3-12(4-2-11)20-9-13(18)17-7-5-10(6-8-17)14(16)19/h1-4,10H,5-9,15H2,(H2,16,19). The summed E-state index contributed by atoms with van der Waals surface area (Å²) in [5.74, 6) is 0.136. The number of amides is 2. The van der Waals surface area contributed by atoms with Gasteiger partial charge < -0.3 is 21.1 Å². The lowest BCUT2D eigenvalue weighted by atomic mass is 9.96. The lowest BCUT2D eigenvalue weighted by Gasteiger charge is -2.30. The molecule has 1 aromatic carbocycles. The number of rotatable bonds is 4. The zero-order chi connectivity index (χ0) is 14.5. The molecular formula is C14H19N3O3. The first-order chi connectivity index (χ1) is 9.56. The second-order valence-electron chi connectivity index (χ2n) is 4.92. The summed E-state index contributed by atoms with van der Waals surface area (Å²) in [5.41, 5.74) is 11.5. The molecule has 6 heteroatoms. The van der Waals surface area contributed by atoms with Crippen LogP contribution >= 0.6 is 0 Å². The van der Waals surface area contributed by atoms with E-state index in [9.17, 15) is 9.59 Å². The number of anilines is 1. The van der Waals surface area contributed by atoms with Crippen LogP contribution in [0.5, 0.6) is 5.75 Å². The Hall–Kier alpha value is -2.24. The molecule has 0 atom stereocenters. The quantitative estimate of drug-likeness (QED) is 0.777. The largest absolute Gasteiger partial charge is 0.484 e. The Morgan fingerprint density at radius 3 is 2.35 bits per heavy atom. The number of likely N-dealkylation sites (tertiary alicyclic amines) is 1. The number of nitrogen functional groups attached to an aromatic ring is 1. The molecule has 0 spiro atoms. The van der Waals surface area contributed by atoms with Gasteiger partial charge in [-0.3, -0.25) is 9.59 Å². The SMILES string of the molecule is NC(=O)C1CCN(C(=O)COc2ccc(N)cc2)CC1. The molecule has 6 nitrogen and oxygen atoms in total. The minimum Gasteiger partial charge on any atom is -0.484 e. The van der Waals surface area contributed by atoms with Gasteiger partial charge in [-0.25, -0.2) is 0 Å². The molecule has 1 aromatic rings. The number of nitrogens with two attached hydrogens (primary N) is 2. The van der Waals surface area contributed by atoms with Crippen molar-refractivity contribution in [3.8, 4) is 5.75 Å². The maximum absolute atomic E-state index is 12.0. The number of primary amides is 1. The first kappa shape index (κ1) is 14.2. The summed E-state index contributed by atoms with van der Waals surface area (Å²) < 4.78 is 5.41. The monoisotopic (exact) mass is 277 g/mol. The van der Waals surface area contributed by atoms with Crippen LogP contribution in [0.1, 0.15) is 12.8 Å². The predicted octanol–water partition coefficient (Wildman–Crippen LogP) is 0.372. The van der Waals surface area contributed by atoms with Gasteiger partial charge in [-0.15, -0.1) is 0 Å². The third kappa shape index (κ3) is 3.63. The Bertz CT molecular complexity index is 479. The summed E-state index contributed by atoms with van der Waals surface area (Å²) >= 11 is 0. The number of nitrogens with zero attached hydrogens (tertiary/aromatic N) is 1. The summed E-state index contributed by atoms with van der Waals surface area (Å²) in [6.45, 7) is 1.10. The fourth-order valence-electron chi connectivity index (χ4n) is 2.21. The molecular weight excluding hydrogens is 258 g/mol. The molecule has 1 aliphatic rings. The van der Waals surface area contributed by atoms with Crippen molar-refractivity contribution in [1.29, 1.82) is 0 Å². The third-order valence-corrected chi connectivity index (χ3v) is 3.49. The van der Waals surface area contributed by atoms with Gasteiger partial charge in [0.2, 0.25) is 5.91 Å². The highest BCUT2D eigenvalue weighted by Crippen LogP contribution is 2.17. The van der Waals surface area contributed by atoms with Gasteiger partial charge in [0.1, 0.15) is 5.75 Å². The fourth-order valence-corrected chi connectivity index (χ4v) is 2.21. The second kappa shape index (κ2) is 6.27. The summed E-state index contributed by atoms with van der Waals surface area (Å²) in [6, 6.07) is 6.89. The van der Waals surface area contributed by atoms with Crippen molar-refractivity contribution in [3.05, 3.63) is 24.3 Å². The first-order valence-electron chi connectivity index (χ1n) is 6.61. The average molecular weight is 277 g/mol. The Kier molecular flexibility index (Phi) is 4.45. The molecule has 0 saturated carbocycles. The molecule has 0 aliphatic carbocycles. The number of piperidine rings is 1. The van der Waals surface area contributed by atoms with Gasteiger partial charge in [-0.1, -0.05) is 0 Å². The van der Waals surface area contributed by atoms with E-state index >= 15 is 0 Å². The Balaban J connectivity index is 1.78. The van der Waals surface area contributed by atoms with Crippen molar-refractivity contribution in [1.82, 2.24) is 4.90 Å². The smallest absolute Gasteiger partial charge is 0.260 e. The molecule has 2 rings (SSSR count). The average Bonchev–Trinajstić information content (AvgIpc) is 2.46. The lowest BCUT2D eigenvalue weighted by molar-refractivity contribution is -0.136. The molecule has 20 heavy (non-hydrogen) atoms. The minimum absolute atomic E-state index is 0.00877. The molecule has 1 saturated heterocycles. The molecule has 0 aromatic heterocycles. The van der Waals surface area contributed by atoms with E-state index in [0.717, 1.165) is 0 Å². The van der Waals surface area contributed by atoms with Gasteiger partial charge in [0.15, 0.2) is 6.61 Å². The molecule has 1 fully saturated rings. The van der Waals surface area contributed by atoms with Gasteiger partial charge in [-0.2, -0.15) is 0 Å². The van der Waals surface area contributed by atoms with E-state index in [2.05, 4.69) is 0 Å². The summed E-state index contributed by atoms with van der Waals surface area (Å²) in [6.07, 6.45) is 1.26. The van der Waals surface area contributed by atoms with Gasteiger partial charge in [0.05, 0.1) is 0 Å². The number of carbonyl (C=O) groups is 2. The molecule has 108 valence electrons. The lowest BCUT2D eigenvalue weighted by Crippen LogP contribution is -2.43. The molecule has 2 amide bonds. The van der Waals surface area contributed by atoms with Crippen LogP contribution in [-0.2, 0) is 9.59 Å². The zero-order valence-corrected chi connectivity index (χ0v) is 11.2. The highest BCUT2D eigenvalue weighted by atomic mass is 16.5. The number of hydrogen-bond acceptors (Lipinski definition) is 4. The number of hydrogen-bond donors (Lipinski definition) is 2. The van der Waals surface area contributed by atoms with Crippen LogP contribution in [0.3, 0.4) is 0 Å². The number of ether oxygens (including phenoxy) is 1. The zero-order valence-electron chi connectivity index (χ0n) is 11.2. The summed E-state index contributed by atoms with van der Waals surface area (Å²) in [7, 11) is 0. The van der Waals surface area contributed by atoms with Gasteiger partial charge in [0.25, 0.3) is 5.91 Å². The molecule has 4 N–H and O–H groups in total. The van der Waals surface area contributed by atoms with Crippen molar-refractivity contribution >= 4 is 17.5 Å². The fraction of sp³-hybridized carbons (Fsp3) is 0.429. The predicted molar refractivity (Wildman–Crippen MR) is 74.8 cm³/mol. The van der Waals surface area contributed by atoms with E-state index in [1.54, 1.807) is 29.2 Å². The van der Waals surface area contributed by atoms with Crippen LogP contribution in [0.15, 0.2) is 24.3 Å². The van der Waals surface area contributed by atoms with Gasteiger partial charge in [-0.05, 0) is 37.1 Å². The molecule has 0 radical (unpaired) electrons. The van der Waals surface area contributed by atoms with E-state index in [-0.39, 0.29) is 24.3 Å². The van der Waals surface area contributed by atoms with Crippen molar-refractivity contribution < 1.29 is 14.3 Å². The molecule has 0 unspecified atom stereocenters. The van der Waals surface area contributed by atoms with E-state index < -0.39 is 0 Å². The van der Waals surface area contributed by atoms with Crippen molar-refractivity contribution in [2.45, 2.75) is 12.8 Å². The Morgan fingerprint density at radius 2 is 1.80 bits per heavy atom. The van der Waals surface area contributed by atoms with E-state index in [4.69, 9.17) is 16.2 Å². The molecule has 0 bridgehead atoms. The van der Waals surface area contributed by atoms with E-state index in [1.165, 1.54) is 0 Å². The Labute approximate surface area is 117 Å². The van der Waals surface area contributed by atoms with E-state index in [0.29, 0.717) is 37.4 Å². The van der Waals surface area contributed by atoms with Gasteiger partial charge in [0, 0.05) is 24.7 Å². The summed E-state index contributed by atoms with van der Waals surface area (Å²) in [5, 5.41) is 0. The first-order valence-corrected chi connectivity index (χ1v) is 6.61. The van der Waals surface area contributed by atoms with Crippen LogP contribution in [0.2, 0.25) is 0 Å². The Morgan fingerprint density at radius 1 is 1.20 bits per heavy atom. The van der Waals surface area contributed by atoms with Crippen molar-refractivity contribution in [2.24, 2.45) is 11.7 Å². The highest BCUT2D eigenvalue weighted by molar-refractivity contribution is 5.79. The van der Waals surface area contributed by atoms with Crippen LogP contribution in [0.4, 0.5) is 5.69 Å². The summed E-state index contributed by atoms with van der Waals surface area (Å²) in [4.78, 5) is 24.7. The third-order valence-electron chi connectivity index (χ3n) is 3.49. The van der Waals surface area contributed by atoms with Crippen molar-refractivity contribution in [3.63, 3.8) is 0 Å². The topological polar surface area (TPSA) is 98.7 Å². The maximum atomic E-state index is 12.0. The maximum Gasteiger partial charge on any atom is 0.260 e. The van der Waals surface area contributed by atoms with Crippen molar-refractivity contribution in [2.75, 3.05) is 25.4 Å². The van der Waals surface area contributed by atoms with Crippen LogP contribution in [-0.4, -0.2) is 36.4 Å². The van der Waals surface area contributed by atoms with E-state index in [1.807, 2.05) is 0 Å².